The third kappa shape index (κ3) is 10.4. The molecule has 19 heavy (non-hydrogen) atoms. The van der Waals surface area contributed by atoms with Crippen LogP contribution in [0.5, 0.6) is 0 Å². The quantitative estimate of drug-likeness (QED) is 0.725. The predicted octanol–water partition coefficient (Wildman–Crippen LogP) is 2.55. The van der Waals surface area contributed by atoms with Crippen molar-refractivity contribution in [2.75, 3.05) is 20.6 Å². The van der Waals surface area contributed by atoms with Crippen LogP contribution in [0.1, 0.15) is 52.9 Å². The van der Waals surface area contributed by atoms with Gasteiger partial charge in [0.25, 0.3) is 0 Å². The molecule has 5 nitrogen and oxygen atoms in total. The lowest BCUT2D eigenvalue weighted by atomic mass is 10.1. The molecule has 5 heteroatoms. The van der Waals surface area contributed by atoms with Crippen molar-refractivity contribution in [1.82, 2.24) is 10.2 Å². The van der Waals surface area contributed by atoms with Gasteiger partial charge < -0.3 is 15.0 Å². The maximum Gasteiger partial charge on any atom is 0.410 e. The molecular weight excluding hydrogens is 244 g/mol. The fraction of sp³-hybridized carbons (Fsp3) is 0.857. The van der Waals surface area contributed by atoms with Gasteiger partial charge in [-0.15, -0.1) is 0 Å². The molecule has 0 aromatic heterocycles. The molecule has 0 saturated heterocycles. The number of nitrogens with one attached hydrogen (secondary N) is 1. The number of amides is 2. The maximum atomic E-state index is 11.7. The zero-order valence-corrected chi connectivity index (χ0v) is 12.9. The van der Waals surface area contributed by atoms with Crippen molar-refractivity contribution < 1.29 is 14.3 Å². The number of unbranched alkanes of at least 4 members (excludes halogenated alkanes) is 3. The topological polar surface area (TPSA) is 58.6 Å². The van der Waals surface area contributed by atoms with E-state index in [0.29, 0.717) is 13.0 Å². The van der Waals surface area contributed by atoms with Crippen LogP contribution in [0.4, 0.5) is 4.79 Å². The summed E-state index contributed by atoms with van der Waals surface area (Å²) in [4.78, 5) is 24.3. The number of carbonyl (C=O) groups is 2. The lowest BCUT2D eigenvalue weighted by Gasteiger charge is -2.24. The van der Waals surface area contributed by atoms with Gasteiger partial charge in [-0.05, 0) is 33.6 Å². The molecule has 0 aliphatic rings. The zero-order chi connectivity index (χ0) is 14.9. The lowest BCUT2D eigenvalue weighted by Crippen LogP contribution is -2.34. The van der Waals surface area contributed by atoms with Crippen LogP contribution in [0.2, 0.25) is 0 Å². The molecule has 0 spiro atoms. The molecule has 2 amide bonds. The van der Waals surface area contributed by atoms with Crippen LogP contribution in [0.3, 0.4) is 0 Å². The monoisotopic (exact) mass is 272 g/mol. The molecule has 0 unspecified atom stereocenters. The van der Waals surface area contributed by atoms with Crippen molar-refractivity contribution >= 4 is 12.0 Å². The average Bonchev–Trinajstić information content (AvgIpc) is 2.30. The van der Waals surface area contributed by atoms with E-state index in [1.165, 1.54) is 0 Å². The zero-order valence-electron chi connectivity index (χ0n) is 12.9. The van der Waals surface area contributed by atoms with Crippen molar-refractivity contribution in [3.05, 3.63) is 0 Å². The van der Waals surface area contributed by atoms with Crippen LogP contribution in [0.25, 0.3) is 0 Å². The summed E-state index contributed by atoms with van der Waals surface area (Å²) in [5.41, 5.74) is -0.446. The summed E-state index contributed by atoms with van der Waals surface area (Å²) < 4.78 is 5.26. The van der Waals surface area contributed by atoms with Crippen molar-refractivity contribution in [3.8, 4) is 0 Å². The minimum absolute atomic E-state index is 0.0888. The van der Waals surface area contributed by atoms with Gasteiger partial charge in [0.2, 0.25) is 5.91 Å². The minimum atomic E-state index is -0.446. The van der Waals surface area contributed by atoms with E-state index in [9.17, 15) is 9.59 Å². The minimum Gasteiger partial charge on any atom is -0.444 e. The van der Waals surface area contributed by atoms with E-state index in [-0.39, 0.29) is 12.0 Å². The Balaban J connectivity index is 3.61. The summed E-state index contributed by atoms with van der Waals surface area (Å²) in [5, 5.41) is 2.60. The van der Waals surface area contributed by atoms with E-state index in [2.05, 4.69) is 5.32 Å². The van der Waals surface area contributed by atoms with Crippen LogP contribution in [0.15, 0.2) is 0 Å². The Morgan fingerprint density at radius 1 is 1.11 bits per heavy atom. The predicted molar refractivity (Wildman–Crippen MR) is 76.0 cm³/mol. The van der Waals surface area contributed by atoms with Crippen molar-refractivity contribution in [2.24, 2.45) is 0 Å². The first-order chi connectivity index (χ1) is 8.76. The first kappa shape index (κ1) is 17.7. The van der Waals surface area contributed by atoms with E-state index in [0.717, 1.165) is 25.7 Å². The molecule has 112 valence electrons. The highest BCUT2D eigenvalue weighted by atomic mass is 16.6. The molecule has 0 heterocycles. The summed E-state index contributed by atoms with van der Waals surface area (Å²) in [6.07, 6.45) is 4.16. The van der Waals surface area contributed by atoms with Crippen molar-refractivity contribution in [2.45, 2.75) is 58.5 Å². The second kappa shape index (κ2) is 8.77. The Kier molecular flexibility index (Phi) is 8.19. The van der Waals surface area contributed by atoms with Gasteiger partial charge in [-0.25, -0.2) is 4.79 Å². The van der Waals surface area contributed by atoms with Crippen LogP contribution in [0, 0.1) is 0 Å². The molecule has 0 aromatic carbocycles. The van der Waals surface area contributed by atoms with Gasteiger partial charge in [0.1, 0.15) is 5.60 Å². The fourth-order valence-electron chi connectivity index (χ4n) is 1.54. The van der Waals surface area contributed by atoms with Gasteiger partial charge in [-0.1, -0.05) is 12.8 Å². The Labute approximate surface area is 116 Å². The molecule has 0 aliphatic heterocycles. The second-order valence-electron chi connectivity index (χ2n) is 5.74. The molecule has 0 saturated carbocycles. The third-order valence-corrected chi connectivity index (χ3v) is 2.63. The molecular formula is C14H28N2O3. The molecule has 0 aliphatic carbocycles. The standard InChI is InChI=1S/C14H28N2O3/c1-14(2,3)19-13(18)16(5)11-9-7-6-8-10-12(17)15-4/h6-11H2,1-5H3,(H,15,17). The van der Waals surface area contributed by atoms with Gasteiger partial charge in [-0.2, -0.15) is 0 Å². The van der Waals surface area contributed by atoms with Crippen molar-refractivity contribution in [3.63, 3.8) is 0 Å². The van der Waals surface area contributed by atoms with Crippen LogP contribution >= 0.6 is 0 Å². The van der Waals surface area contributed by atoms with Crippen molar-refractivity contribution in [1.29, 1.82) is 0 Å². The molecule has 0 bridgehead atoms. The van der Waals surface area contributed by atoms with Crippen LogP contribution in [-0.2, 0) is 9.53 Å². The summed E-state index contributed by atoms with van der Waals surface area (Å²) in [7, 11) is 3.40. The number of hydrogen-bond acceptors (Lipinski definition) is 3. The summed E-state index contributed by atoms with van der Waals surface area (Å²) in [6, 6.07) is 0. The summed E-state index contributed by atoms with van der Waals surface area (Å²) in [6.45, 7) is 6.27. The van der Waals surface area contributed by atoms with Gasteiger partial charge in [-0.3, -0.25) is 4.79 Å². The largest absolute Gasteiger partial charge is 0.444 e. The highest BCUT2D eigenvalue weighted by molar-refractivity contribution is 5.75. The van der Waals surface area contributed by atoms with Gasteiger partial charge in [0, 0.05) is 27.1 Å². The number of hydrogen-bond donors (Lipinski definition) is 1. The average molecular weight is 272 g/mol. The van der Waals surface area contributed by atoms with E-state index in [4.69, 9.17) is 4.74 Å². The number of carbonyl (C=O) groups excluding carboxylic acids is 2. The molecule has 0 radical (unpaired) electrons. The van der Waals surface area contributed by atoms with Gasteiger partial charge >= 0.3 is 6.09 Å². The number of rotatable bonds is 7. The molecule has 0 fully saturated rings. The van der Waals surface area contributed by atoms with E-state index >= 15 is 0 Å². The Bertz CT molecular complexity index is 285. The second-order valence-corrected chi connectivity index (χ2v) is 5.74. The van der Waals surface area contributed by atoms with Gasteiger partial charge in [0.05, 0.1) is 0 Å². The Morgan fingerprint density at radius 2 is 1.68 bits per heavy atom. The van der Waals surface area contributed by atoms with E-state index < -0.39 is 5.60 Å². The summed E-state index contributed by atoms with van der Waals surface area (Å²) >= 11 is 0. The molecule has 0 rings (SSSR count). The number of nitrogens with zero attached hydrogens (tertiary/aromatic N) is 1. The third-order valence-electron chi connectivity index (χ3n) is 2.63. The SMILES string of the molecule is CNC(=O)CCCCCCN(C)C(=O)OC(C)(C)C. The van der Waals surface area contributed by atoms with Crippen LogP contribution in [-0.4, -0.2) is 43.1 Å². The molecule has 0 aromatic rings. The first-order valence-electron chi connectivity index (χ1n) is 6.91. The first-order valence-corrected chi connectivity index (χ1v) is 6.91. The maximum absolute atomic E-state index is 11.7. The lowest BCUT2D eigenvalue weighted by molar-refractivity contribution is -0.120. The molecule has 0 atom stereocenters. The highest BCUT2D eigenvalue weighted by Gasteiger charge is 2.18. The summed E-state index contributed by atoms with van der Waals surface area (Å²) in [5.74, 6) is 0.0888. The van der Waals surface area contributed by atoms with Crippen LogP contribution < -0.4 is 5.32 Å². The normalized spacial score (nSPS) is 11.0. The van der Waals surface area contributed by atoms with Gasteiger partial charge in [0.15, 0.2) is 0 Å². The van der Waals surface area contributed by atoms with E-state index in [1.54, 1.807) is 19.0 Å². The highest BCUT2D eigenvalue weighted by Crippen LogP contribution is 2.10. The molecule has 1 N–H and O–H groups in total. The Morgan fingerprint density at radius 3 is 2.21 bits per heavy atom. The van der Waals surface area contributed by atoms with E-state index in [1.807, 2.05) is 20.8 Å². The smallest absolute Gasteiger partial charge is 0.410 e. The Hall–Kier alpha value is -1.26. The fourth-order valence-corrected chi connectivity index (χ4v) is 1.54. The number of ether oxygens (including phenoxy) is 1.